The lowest BCUT2D eigenvalue weighted by Gasteiger charge is -2.29. The molecule has 0 saturated heterocycles. The van der Waals surface area contributed by atoms with Crippen molar-refractivity contribution in [2.24, 2.45) is 0 Å². The number of hydrogen-bond donors (Lipinski definition) is 1. The van der Waals surface area contributed by atoms with Gasteiger partial charge in [-0.05, 0) is 26.3 Å². The Morgan fingerprint density at radius 3 is 2.42 bits per heavy atom. The summed E-state index contributed by atoms with van der Waals surface area (Å²) in [7, 11) is 1.14. The number of nitro benzene ring substituents is 1. The van der Waals surface area contributed by atoms with Gasteiger partial charge in [-0.25, -0.2) is 14.4 Å². The Balaban J connectivity index is 0.000000697. The van der Waals surface area contributed by atoms with Crippen molar-refractivity contribution in [2.45, 2.75) is 32.8 Å². The SMILES string of the molecule is C=CCOC(=O)C=C.COC(=O)C1=C(C#N)NC(C)=C(C(=O)OC(C)C)C1c1cccc([N+](=O)[O-])c1. The molecule has 1 heterocycles. The Morgan fingerprint density at radius 2 is 1.92 bits per heavy atom. The van der Waals surface area contributed by atoms with E-state index >= 15 is 0 Å². The zero-order chi connectivity index (χ0) is 27.4. The average Bonchev–Trinajstić information content (AvgIpc) is 2.85. The summed E-state index contributed by atoms with van der Waals surface area (Å²) < 4.78 is 14.6. The van der Waals surface area contributed by atoms with Crippen molar-refractivity contribution in [3.8, 4) is 6.07 Å². The van der Waals surface area contributed by atoms with Crippen LogP contribution in [0.5, 0.6) is 0 Å². The monoisotopic (exact) mass is 497 g/mol. The van der Waals surface area contributed by atoms with Crippen molar-refractivity contribution < 1.29 is 33.5 Å². The van der Waals surface area contributed by atoms with Crippen LogP contribution in [0, 0.1) is 21.4 Å². The third-order valence-electron chi connectivity index (χ3n) is 4.57. The van der Waals surface area contributed by atoms with Gasteiger partial charge in [0, 0.05) is 23.9 Å². The van der Waals surface area contributed by atoms with E-state index in [2.05, 4.69) is 23.2 Å². The van der Waals surface area contributed by atoms with Crippen molar-refractivity contribution >= 4 is 23.6 Å². The number of esters is 3. The van der Waals surface area contributed by atoms with Crippen LogP contribution in [0.4, 0.5) is 5.69 Å². The van der Waals surface area contributed by atoms with Crippen LogP contribution in [0.2, 0.25) is 0 Å². The van der Waals surface area contributed by atoms with Gasteiger partial charge in [0.05, 0.1) is 35.2 Å². The van der Waals surface area contributed by atoms with Crippen LogP contribution in [0.15, 0.2) is 72.1 Å². The number of allylic oxidation sites excluding steroid dienone is 2. The summed E-state index contributed by atoms with van der Waals surface area (Å²) in [5.41, 5.74) is 0.251. The van der Waals surface area contributed by atoms with Gasteiger partial charge in [-0.15, -0.1) is 0 Å². The molecular formula is C25H27N3O8. The third kappa shape index (κ3) is 7.66. The molecule has 11 heteroatoms. The van der Waals surface area contributed by atoms with Crippen molar-refractivity contribution in [2.75, 3.05) is 13.7 Å². The molecule has 1 aliphatic heterocycles. The maximum Gasteiger partial charge on any atom is 0.337 e. The van der Waals surface area contributed by atoms with Gasteiger partial charge in [-0.1, -0.05) is 31.4 Å². The molecule has 1 N–H and O–H groups in total. The van der Waals surface area contributed by atoms with Gasteiger partial charge in [0.15, 0.2) is 0 Å². The molecule has 0 fully saturated rings. The quantitative estimate of drug-likeness (QED) is 0.141. The molecule has 0 aliphatic carbocycles. The van der Waals surface area contributed by atoms with E-state index in [9.17, 15) is 29.8 Å². The molecule has 0 amide bonds. The van der Waals surface area contributed by atoms with E-state index in [1.54, 1.807) is 20.8 Å². The number of rotatable bonds is 8. The number of nitrogens with zero attached hydrogens (tertiary/aromatic N) is 2. The minimum absolute atomic E-state index is 0.0774. The number of nitro groups is 1. The summed E-state index contributed by atoms with van der Waals surface area (Å²) in [5.74, 6) is -3.00. The summed E-state index contributed by atoms with van der Waals surface area (Å²) in [6.45, 7) is 11.7. The normalized spacial score (nSPS) is 14.4. The number of dihydropyridines is 1. The first-order valence-electron chi connectivity index (χ1n) is 10.6. The summed E-state index contributed by atoms with van der Waals surface area (Å²) in [4.78, 5) is 46.0. The first-order valence-corrected chi connectivity index (χ1v) is 10.6. The van der Waals surface area contributed by atoms with E-state index in [4.69, 9.17) is 9.47 Å². The number of benzene rings is 1. The molecule has 0 spiro atoms. The van der Waals surface area contributed by atoms with Gasteiger partial charge in [0.2, 0.25) is 0 Å². The molecule has 36 heavy (non-hydrogen) atoms. The fourth-order valence-corrected chi connectivity index (χ4v) is 3.15. The fraction of sp³-hybridized carbons (Fsp3) is 0.280. The Labute approximate surface area is 208 Å². The van der Waals surface area contributed by atoms with E-state index in [0.717, 1.165) is 13.2 Å². The molecule has 1 aromatic rings. The van der Waals surface area contributed by atoms with Crippen molar-refractivity contribution in [3.05, 3.63) is 87.8 Å². The number of ether oxygens (including phenoxy) is 3. The third-order valence-corrected chi connectivity index (χ3v) is 4.57. The Hall–Kier alpha value is -4.72. The molecule has 1 unspecified atom stereocenters. The van der Waals surface area contributed by atoms with E-state index < -0.39 is 34.9 Å². The van der Waals surface area contributed by atoms with Gasteiger partial charge in [-0.2, -0.15) is 5.26 Å². The Kier molecular flexibility index (Phi) is 11.3. The molecule has 0 saturated carbocycles. The number of methoxy groups -OCH3 is 1. The zero-order valence-corrected chi connectivity index (χ0v) is 20.4. The lowest BCUT2D eigenvalue weighted by atomic mass is 9.80. The van der Waals surface area contributed by atoms with Gasteiger partial charge < -0.3 is 19.5 Å². The highest BCUT2D eigenvalue weighted by Gasteiger charge is 2.39. The second kappa shape index (κ2) is 13.9. The van der Waals surface area contributed by atoms with Gasteiger partial charge in [0.25, 0.3) is 5.69 Å². The lowest BCUT2D eigenvalue weighted by Crippen LogP contribution is -2.33. The Bertz CT molecular complexity index is 1160. The number of nitrogens with one attached hydrogen (secondary N) is 1. The van der Waals surface area contributed by atoms with Crippen molar-refractivity contribution in [3.63, 3.8) is 0 Å². The molecule has 11 nitrogen and oxygen atoms in total. The smallest absolute Gasteiger partial charge is 0.337 e. The van der Waals surface area contributed by atoms with Crippen LogP contribution in [0.3, 0.4) is 0 Å². The first-order chi connectivity index (χ1) is 17.0. The zero-order valence-electron chi connectivity index (χ0n) is 20.4. The van der Waals surface area contributed by atoms with Crippen LogP contribution in [-0.4, -0.2) is 42.7 Å². The molecule has 0 aromatic heterocycles. The molecular weight excluding hydrogens is 470 g/mol. The van der Waals surface area contributed by atoms with Gasteiger partial charge in [-0.3, -0.25) is 10.1 Å². The topological polar surface area (TPSA) is 158 Å². The minimum atomic E-state index is -1.06. The summed E-state index contributed by atoms with van der Waals surface area (Å²) in [6, 6.07) is 7.41. The highest BCUT2D eigenvalue weighted by atomic mass is 16.6. The van der Waals surface area contributed by atoms with Crippen LogP contribution < -0.4 is 5.32 Å². The van der Waals surface area contributed by atoms with Crippen LogP contribution in [0.1, 0.15) is 32.3 Å². The number of hydrogen-bond acceptors (Lipinski definition) is 10. The number of carbonyl (C=O) groups excluding carboxylic acids is 3. The minimum Gasteiger partial charge on any atom is -0.466 e. The average molecular weight is 498 g/mol. The van der Waals surface area contributed by atoms with E-state index in [-0.39, 0.29) is 29.1 Å². The molecule has 190 valence electrons. The van der Waals surface area contributed by atoms with Crippen LogP contribution in [-0.2, 0) is 28.6 Å². The highest BCUT2D eigenvalue weighted by molar-refractivity contribution is 6.00. The van der Waals surface area contributed by atoms with Crippen molar-refractivity contribution in [1.29, 1.82) is 5.26 Å². The van der Waals surface area contributed by atoms with Crippen molar-refractivity contribution in [1.82, 2.24) is 5.32 Å². The van der Waals surface area contributed by atoms with Gasteiger partial charge in [0.1, 0.15) is 18.4 Å². The van der Waals surface area contributed by atoms with E-state index in [1.807, 2.05) is 6.07 Å². The largest absolute Gasteiger partial charge is 0.466 e. The summed E-state index contributed by atoms with van der Waals surface area (Å²) >= 11 is 0. The molecule has 0 bridgehead atoms. The highest BCUT2D eigenvalue weighted by Crippen LogP contribution is 2.40. The molecule has 1 aromatic carbocycles. The predicted molar refractivity (Wildman–Crippen MR) is 129 cm³/mol. The number of non-ortho nitro benzene ring substituents is 1. The van der Waals surface area contributed by atoms with Crippen LogP contribution in [0.25, 0.3) is 0 Å². The van der Waals surface area contributed by atoms with E-state index in [1.165, 1.54) is 30.3 Å². The lowest BCUT2D eigenvalue weighted by molar-refractivity contribution is -0.384. The summed E-state index contributed by atoms with van der Waals surface area (Å²) in [5, 5.41) is 23.4. The second-order valence-corrected chi connectivity index (χ2v) is 7.42. The molecule has 2 rings (SSSR count). The summed E-state index contributed by atoms with van der Waals surface area (Å²) in [6.07, 6.45) is 2.19. The number of carbonyl (C=O) groups is 3. The molecule has 1 atom stereocenters. The first kappa shape index (κ1) is 29.3. The molecule has 1 aliphatic rings. The maximum atomic E-state index is 12.8. The second-order valence-electron chi connectivity index (χ2n) is 7.42. The van der Waals surface area contributed by atoms with E-state index in [0.29, 0.717) is 11.3 Å². The van der Waals surface area contributed by atoms with Gasteiger partial charge >= 0.3 is 17.9 Å². The standard InChI is InChI=1S/C19H19N3O6.C6H8O2/c1-10(2)28-19(24)15-11(3)21-14(9-20)17(18(23)27-4)16(15)12-6-5-7-13(8-12)22(25)26;1-3-5-8-6(7)4-2/h5-8,10,16,21H,1-4H3;3-4H,1-2,5H2. The molecule has 0 radical (unpaired) electrons. The Morgan fingerprint density at radius 1 is 1.25 bits per heavy atom. The fourth-order valence-electron chi connectivity index (χ4n) is 3.15. The maximum absolute atomic E-state index is 12.8. The number of nitriles is 1. The van der Waals surface area contributed by atoms with Crippen LogP contribution >= 0.6 is 0 Å². The predicted octanol–water partition coefficient (Wildman–Crippen LogP) is 3.36.